The minimum atomic E-state index is -1.37. The zero-order valence-electron chi connectivity index (χ0n) is 8.66. The molecule has 0 fully saturated rings. The number of carboxylic acid groups (broad SMARTS) is 1. The minimum absolute atomic E-state index is 0.0387. The lowest BCUT2D eigenvalue weighted by molar-refractivity contribution is -0.140. The molecule has 0 spiro atoms. The monoisotopic (exact) mass is 238 g/mol. The molecule has 0 saturated heterocycles. The van der Waals surface area contributed by atoms with Crippen molar-refractivity contribution in [1.82, 2.24) is 15.3 Å². The first-order chi connectivity index (χ1) is 8.00. The van der Waals surface area contributed by atoms with Gasteiger partial charge in [-0.25, -0.2) is 9.78 Å². The molecule has 8 nitrogen and oxygen atoms in total. The number of amides is 2. The van der Waals surface area contributed by atoms with Gasteiger partial charge in [-0.15, -0.1) is 0 Å². The second-order valence-electron chi connectivity index (χ2n) is 3.13. The predicted molar refractivity (Wildman–Crippen MR) is 54.7 cm³/mol. The van der Waals surface area contributed by atoms with Crippen molar-refractivity contribution in [3.63, 3.8) is 0 Å². The van der Waals surface area contributed by atoms with Crippen LogP contribution in [-0.2, 0) is 9.59 Å². The average Bonchev–Trinajstić information content (AvgIpc) is 2.28. The summed E-state index contributed by atoms with van der Waals surface area (Å²) in [6.45, 7) is 0. The molecule has 0 aromatic carbocycles. The first-order valence-electron chi connectivity index (χ1n) is 4.58. The van der Waals surface area contributed by atoms with Crippen LogP contribution in [0.15, 0.2) is 18.6 Å². The molecule has 0 aliphatic carbocycles. The summed E-state index contributed by atoms with van der Waals surface area (Å²) >= 11 is 0. The maximum absolute atomic E-state index is 11.5. The van der Waals surface area contributed by atoms with Crippen LogP contribution in [0, 0.1) is 0 Å². The molecule has 0 saturated carbocycles. The average molecular weight is 238 g/mol. The Bertz CT molecular complexity index is 434. The minimum Gasteiger partial charge on any atom is -0.480 e. The Labute approximate surface area is 95.9 Å². The summed E-state index contributed by atoms with van der Waals surface area (Å²) in [7, 11) is 0. The molecule has 90 valence electrons. The molecular formula is C9H10N4O4. The molecule has 8 heteroatoms. The lowest BCUT2D eigenvalue weighted by Crippen LogP contribution is -2.43. The van der Waals surface area contributed by atoms with E-state index >= 15 is 0 Å². The van der Waals surface area contributed by atoms with Crippen molar-refractivity contribution in [2.24, 2.45) is 5.73 Å². The zero-order chi connectivity index (χ0) is 12.8. The second kappa shape index (κ2) is 5.54. The summed E-state index contributed by atoms with van der Waals surface area (Å²) in [5.41, 5.74) is 4.83. The highest BCUT2D eigenvalue weighted by molar-refractivity contribution is 5.95. The Morgan fingerprint density at radius 1 is 1.41 bits per heavy atom. The van der Waals surface area contributed by atoms with Gasteiger partial charge < -0.3 is 16.2 Å². The third-order valence-corrected chi connectivity index (χ3v) is 1.80. The van der Waals surface area contributed by atoms with Crippen LogP contribution in [0.5, 0.6) is 0 Å². The number of carbonyl (C=O) groups excluding carboxylic acids is 2. The molecule has 0 bridgehead atoms. The number of nitrogens with zero attached hydrogens (tertiary/aromatic N) is 2. The Balaban J connectivity index is 2.71. The zero-order valence-corrected chi connectivity index (χ0v) is 8.66. The Kier molecular flexibility index (Phi) is 4.09. The molecule has 0 aliphatic rings. The van der Waals surface area contributed by atoms with Gasteiger partial charge in [-0.2, -0.15) is 0 Å². The fraction of sp³-hybridized carbons (Fsp3) is 0.222. The smallest absolute Gasteiger partial charge is 0.326 e. The van der Waals surface area contributed by atoms with Crippen molar-refractivity contribution >= 4 is 17.8 Å². The van der Waals surface area contributed by atoms with Crippen molar-refractivity contribution in [3.05, 3.63) is 24.3 Å². The Morgan fingerprint density at radius 2 is 2.12 bits per heavy atom. The third kappa shape index (κ3) is 3.86. The van der Waals surface area contributed by atoms with Gasteiger partial charge >= 0.3 is 5.97 Å². The molecule has 1 atom stereocenters. The van der Waals surface area contributed by atoms with Crippen molar-refractivity contribution < 1.29 is 19.5 Å². The number of hydrogen-bond donors (Lipinski definition) is 3. The number of nitrogens with one attached hydrogen (secondary N) is 1. The molecule has 17 heavy (non-hydrogen) atoms. The van der Waals surface area contributed by atoms with Crippen LogP contribution in [0.1, 0.15) is 16.9 Å². The molecule has 0 unspecified atom stereocenters. The number of primary amides is 1. The molecule has 1 heterocycles. The summed E-state index contributed by atoms with van der Waals surface area (Å²) < 4.78 is 0. The largest absolute Gasteiger partial charge is 0.480 e. The van der Waals surface area contributed by atoms with E-state index in [4.69, 9.17) is 10.8 Å². The number of aliphatic carboxylic acids is 1. The molecule has 1 aromatic rings. The van der Waals surface area contributed by atoms with Gasteiger partial charge in [-0.1, -0.05) is 0 Å². The second-order valence-corrected chi connectivity index (χ2v) is 3.13. The number of hydrogen-bond acceptors (Lipinski definition) is 5. The van der Waals surface area contributed by atoms with Crippen molar-refractivity contribution in [2.45, 2.75) is 12.5 Å². The van der Waals surface area contributed by atoms with E-state index in [-0.39, 0.29) is 5.69 Å². The fourth-order valence-corrected chi connectivity index (χ4v) is 1.05. The normalized spacial score (nSPS) is 11.5. The molecule has 4 N–H and O–H groups in total. The number of carboxylic acids is 1. The van der Waals surface area contributed by atoms with E-state index in [1.165, 1.54) is 18.6 Å². The van der Waals surface area contributed by atoms with Crippen molar-refractivity contribution in [2.75, 3.05) is 0 Å². The van der Waals surface area contributed by atoms with E-state index in [0.717, 1.165) is 0 Å². The summed E-state index contributed by atoms with van der Waals surface area (Å²) in [4.78, 5) is 40.2. The molecule has 0 aliphatic heterocycles. The Morgan fingerprint density at radius 3 is 2.59 bits per heavy atom. The highest BCUT2D eigenvalue weighted by Crippen LogP contribution is 1.96. The van der Waals surface area contributed by atoms with Gasteiger partial charge in [0, 0.05) is 12.4 Å². The van der Waals surface area contributed by atoms with E-state index in [2.05, 4.69) is 15.3 Å². The summed E-state index contributed by atoms with van der Waals surface area (Å²) in [5, 5.41) is 10.9. The van der Waals surface area contributed by atoms with Crippen LogP contribution in [0.3, 0.4) is 0 Å². The first kappa shape index (κ1) is 12.6. The number of nitrogens with two attached hydrogens (primary N) is 1. The van der Waals surface area contributed by atoms with Gasteiger partial charge in [0.15, 0.2) is 0 Å². The topological polar surface area (TPSA) is 135 Å². The van der Waals surface area contributed by atoms with Gasteiger partial charge in [-0.3, -0.25) is 14.6 Å². The van der Waals surface area contributed by atoms with E-state index in [1.807, 2.05) is 0 Å². The predicted octanol–water partition coefficient (Wildman–Crippen LogP) is -1.46. The standard InChI is InChI=1S/C9H10N4O4/c10-7(14)3-5(9(16)17)13-8(15)6-4-11-1-2-12-6/h1-2,4-5H,3H2,(H2,10,14)(H,13,15)(H,16,17)/t5-/m0/s1. The SMILES string of the molecule is NC(=O)C[C@H](NC(=O)c1cnccn1)C(=O)O. The molecular weight excluding hydrogens is 228 g/mol. The maximum atomic E-state index is 11.5. The molecule has 2 amide bonds. The maximum Gasteiger partial charge on any atom is 0.326 e. The summed E-state index contributed by atoms with van der Waals surface area (Å²) in [6, 6.07) is -1.37. The van der Waals surface area contributed by atoms with Crippen LogP contribution in [-0.4, -0.2) is 38.9 Å². The molecule has 1 rings (SSSR count). The van der Waals surface area contributed by atoms with Crippen LogP contribution >= 0.6 is 0 Å². The van der Waals surface area contributed by atoms with Gasteiger partial charge in [-0.05, 0) is 0 Å². The lowest BCUT2D eigenvalue weighted by Gasteiger charge is -2.11. The van der Waals surface area contributed by atoms with Crippen LogP contribution in [0.25, 0.3) is 0 Å². The number of carbonyl (C=O) groups is 3. The van der Waals surface area contributed by atoms with E-state index in [9.17, 15) is 14.4 Å². The number of rotatable bonds is 5. The quantitative estimate of drug-likeness (QED) is 0.573. The first-order valence-corrected chi connectivity index (χ1v) is 4.58. The van der Waals surface area contributed by atoms with Gasteiger partial charge in [0.1, 0.15) is 11.7 Å². The van der Waals surface area contributed by atoms with E-state index in [0.29, 0.717) is 0 Å². The van der Waals surface area contributed by atoms with Crippen LogP contribution < -0.4 is 11.1 Å². The lowest BCUT2D eigenvalue weighted by atomic mass is 10.2. The van der Waals surface area contributed by atoms with Crippen LogP contribution in [0.4, 0.5) is 0 Å². The highest BCUT2D eigenvalue weighted by Gasteiger charge is 2.23. The van der Waals surface area contributed by atoms with Gasteiger partial charge in [0.05, 0.1) is 12.6 Å². The van der Waals surface area contributed by atoms with Crippen molar-refractivity contribution in [1.29, 1.82) is 0 Å². The Hall–Kier alpha value is -2.51. The van der Waals surface area contributed by atoms with Gasteiger partial charge in [0.2, 0.25) is 5.91 Å². The van der Waals surface area contributed by atoms with E-state index in [1.54, 1.807) is 0 Å². The highest BCUT2D eigenvalue weighted by atomic mass is 16.4. The number of aromatic nitrogens is 2. The summed E-state index contributed by atoms with van der Waals surface area (Å²) in [5.74, 6) is -2.90. The van der Waals surface area contributed by atoms with Crippen LogP contribution in [0.2, 0.25) is 0 Å². The fourth-order valence-electron chi connectivity index (χ4n) is 1.05. The van der Waals surface area contributed by atoms with Crippen molar-refractivity contribution in [3.8, 4) is 0 Å². The summed E-state index contributed by atoms with van der Waals surface area (Å²) in [6.07, 6.45) is 3.35. The third-order valence-electron chi connectivity index (χ3n) is 1.80. The van der Waals surface area contributed by atoms with Gasteiger partial charge in [0.25, 0.3) is 5.91 Å². The molecule has 0 radical (unpaired) electrons. The molecule has 1 aromatic heterocycles. The van der Waals surface area contributed by atoms with E-state index < -0.39 is 30.2 Å².